The Bertz CT molecular complexity index is 3800. The molecule has 0 amide bonds. The highest BCUT2D eigenvalue weighted by Crippen LogP contribution is 2.42. The molecule has 0 saturated carbocycles. The number of hydrogen-bond acceptors (Lipinski definition) is 0. The van der Waals surface area contributed by atoms with Crippen LogP contribution in [0.15, 0.2) is 249 Å². The second kappa shape index (κ2) is 14.5. The molecule has 0 atom stereocenters. The summed E-state index contributed by atoms with van der Waals surface area (Å²) in [6.07, 6.45) is 0. The minimum absolute atomic E-state index is 1.15. The molecule has 3 nitrogen and oxygen atoms in total. The van der Waals surface area contributed by atoms with Gasteiger partial charge in [-0.3, -0.25) is 0 Å². The summed E-state index contributed by atoms with van der Waals surface area (Å²) in [4.78, 5) is 0. The molecule has 0 unspecified atom stereocenters. The molecule has 0 saturated heterocycles. The van der Waals surface area contributed by atoms with Gasteiger partial charge in [-0.1, -0.05) is 182 Å². The van der Waals surface area contributed by atoms with E-state index < -0.39 is 8.07 Å². The maximum absolute atomic E-state index is 3.03. The lowest BCUT2D eigenvalue weighted by Gasteiger charge is -2.35. The Balaban J connectivity index is 1.12. The van der Waals surface area contributed by atoms with Crippen molar-refractivity contribution < 1.29 is 0 Å². The highest BCUT2D eigenvalue weighted by Gasteiger charge is 2.42. The Kier molecular flexibility index (Phi) is 8.23. The smallest absolute Gasteiger partial charge is 0.179 e. The van der Waals surface area contributed by atoms with Gasteiger partial charge in [0.1, 0.15) is 0 Å². The van der Waals surface area contributed by atoms with E-state index in [-0.39, 0.29) is 0 Å². The van der Waals surface area contributed by atoms with Crippen molar-refractivity contribution in [2.45, 2.75) is 0 Å². The second-order valence-electron chi connectivity index (χ2n) is 16.8. The van der Waals surface area contributed by atoms with Crippen LogP contribution in [0.3, 0.4) is 0 Å². The van der Waals surface area contributed by atoms with Crippen molar-refractivity contribution in [1.29, 1.82) is 0 Å². The van der Waals surface area contributed by atoms with Crippen molar-refractivity contribution >= 4 is 94.2 Å². The van der Waals surface area contributed by atoms with Crippen LogP contribution >= 0.6 is 0 Å². The first-order valence-electron chi connectivity index (χ1n) is 22.1. The maximum atomic E-state index is 2.54. The van der Waals surface area contributed by atoms with Gasteiger partial charge in [0.05, 0.1) is 33.1 Å². The van der Waals surface area contributed by atoms with Gasteiger partial charge in [-0.15, -0.1) is 0 Å². The number of hydrogen-bond donors (Lipinski definition) is 0. The van der Waals surface area contributed by atoms with Gasteiger partial charge in [0.15, 0.2) is 8.07 Å². The molecule has 0 aliphatic carbocycles. The number of nitrogens with zero attached hydrogens (tertiary/aromatic N) is 3. The summed E-state index contributed by atoms with van der Waals surface area (Å²) in [5.74, 6) is 0. The molecule has 0 bridgehead atoms. The fourth-order valence-electron chi connectivity index (χ4n) is 11.0. The van der Waals surface area contributed by atoms with Crippen LogP contribution in [-0.4, -0.2) is 21.8 Å². The van der Waals surface area contributed by atoms with Gasteiger partial charge >= 0.3 is 0 Å². The Morgan fingerprint density at radius 1 is 0.234 bits per heavy atom. The fourth-order valence-corrected chi connectivity index (χ4v) is 15.8. The monoisotopic (exact) mass is 831 g/mol. The summed E-state index contributed by atoms with van der Waals surface area (Å²) in [5, 5.41) is 12.9. The average Bonchev–Trinajstić information content (AvgIpc) is 4.01. The minimum atomic E-state index is -3.03. The summed E-state index contributed by atoms with van der Waals surface area (Å²) >= 11 is 0. The van der Waals surface area contributed by atoms with E-state index >= 15 is 0 Å². The van der Waals surface area contributed by atoms with Crippen molar-refractivity contribution in [2.75, 3.05) is 0 Å². The van der Waals surface area contributed by atoms with Gasteiger partial charge in [0.25, 0.3) is 0 Å². The third-order valence-corrected chi connectivity index (χ3v) is 18.3. The topological polar surface area (TPSA) is 14.8 Å². The number of aromatic nitrogens is 3. The Labute approximate surface area is 372 Å². The van der Waals surface area contributed by atoms with E-state index in [0.717, 1.165) is 17.1 Å². The third kappa shape index (κ3) is 5.27. The Hall–Kier alpha value is -8.18. The van der Waals surface area contributed by atoms with E-state index in [1.165, 1.54) is 86.2 Å². The lowest BCUT2D eigenvalue weighted by molar-refractivity contribution is 1.17. The maximum Gasteiger partial charge on any atom is 0.179 e. The van der Waals surface area contributed by atoms with Crippen molar-refractivity contribution in [1.82, 2.24) is 13.7 Å². The molecule has 13 rings (SSSR count). The van der Waals surface area contributed by atoms with Gasteiger partial charge < -0.3 is 13.7 Å². The number of para-hydroxylation sites is 5. The second-order valence-corrected chi connectivity index (χ2v) is 20.7. The first-order chi connectivity index (χ1) is 31.8. The molecule has 300 valence electrons. The largest absolute Gasteiger partial charge is 0.309 e. The molecule has 13 aromatic rings. The zero-order valence-electron chi connectivity index (χ0n) is 35.0. The fraction of sp³-hybridized carbons (Fsp3) is 0. The molecule has 0 fully saturated rings. The number of rotatable bonds is 7. The van der Waals surface area contributed by atoms with Crippen LogP contribution in [0.2, 0.25) is 0 Å². The normalized spacial score (nSPS) is 12.1. The van der Waals surface area contributed by atoms with E-state index in [2.05, 4.69) is 262 Å². The van der Waals surface area contributed by atoms with Crippen molar-refractivity contribution in [3.8, 4) is 17.1 Å². The van der Waals surface area contributed by atoms with Crippen molar-refractivity contribution in [2.24, 2.45) is 0 Å². The predicted molar refractivity (Wildman–Crippen MR) is 273 cm³/mol. The summed E-state index contributed by atoms with van der Waals surface area (Å²) < 4.78 is 7.42. The van der Waals surface area contributed by atoms with Crippen LogP contribution in [0.4, 0.5) is 0 Å². The van der Waals surface area contributed by atoms with E-state index in [1.807, 2.05) is 0 Å². The highest BCUT2D eigenvalue weighted by atomic mass is 28.3. The van der Waals surface area contributed by atoms with Crippen LogP contribution < -0.4 is 20.7 Å². The molecule has 10 aromatic carbocycles. The summed E-state index contributed by atoms with van der Waals surface area (Å²) in [6.45, 7) is 0. The van der Waals surface area contributed by atoms with Gasteiger partial charge in [0.2, 0.25) is 0 Å². The quantitative estimate of drug-likeness (QED) is 0.112. The SMILES string of the molecule is c1ccc(-n2c3ccccc3c3c2ccc2c4ccccc4n(-c4cccc([Si](c5ccccc5)(c5ccccc5)c5cccc(-n6c7ccccc7c7ccccc76)c5)c4)c23)cc1. The molecule has 0 spiro atoms. The molecule has 64 heavy (non-hydrogen) atoms. The Morgan fingerprint density at radius 2 is 0.609 bits per heavy atom. The minimum Gasteiger partial charge on any atom is -0.309 e. The van der Waals surface area contributed by atoms with Crippen LogP contribution in [-0.2, 0) is 0 Å². The van der Waals surface area contributed by atoms with Gasteiger partial charge in [0, 0.05) is 49.4 Å². The first-order valence-corrected chi connectivity index (χ1v) is 24.1. The third-order valence-electron chi connectivity index (χ3n) is 13.6. The van der Waals surface area contributed by atoms with Gasteiger partial charge in [-0.2, -0.15) is 0 Å². The van der Waals surface area contributed by atoms with E-state index in [1.54, 1.807) is 0 Å². The summed E-state index contributed by atoms with van der Waals surface area (Å²) in [7, 11) is -3.03. The lowest BCUT2D eigenvalue weighted by atomic mass is 10.1. The molecule has 0 radical (unpaired) electrons. The molecule has 0 N–H and O–H groups in total. The van der Waals surface area contributed by atoms with Gasteiger partial charge in [-0.05, 0) is 87.5 Å². The average molecular weight is 832 g/mol. The van der Waals surface area contributed by atoms with E-state index in [4.69, 9.17) is 0 Å². The molecule has 3 heterocycles. The molecule has 4 heteroatoms. The standard InChI is InChI=1S/C60H41N3Si/c1-4-20-42(21-5-1)61-57-37-17-13-33-53(57)59-58(61)39-38-52-51-32-12-16-36-56(51)63(60(52)59)44-23-19-29-48(41-44)64(45-24-6-2-7-25-45,46-26-8-3-9-27-46)47-28-18-22-43(40-47)62-54-34-14-10-30-49(54)50-31-11-15-35-55(50)62/h1-41H. The van der Waals surface area contributed by atoms with E-state index in [9.17, 15) is 0 Å². The number of benzene rings is 10. The molecular formula is C60H41N3Si. The predicted octanol–water partition coefficient (Wildman–Crippen LogP) is 12.4. The van der Waals surface area contributed by atoms with Crippen molar-refractivity contribution in [3.63, 3.8) is 0 Å². The summed E-state index contributed by atoms with van der Waals surface area (Å²) in [6, 6.07) is 92.4. The lowest BCUT2D eigenvalue weighted by Crippen LogP contribution is -2.74. The van der Waals surface area contributed by atoms with Crippen LogP contribution in [0.1, 0.15) is 0 Å². The molecule has 0 aliphatic rings. The van der Waals surface area contributed by atoms with Crippen LogP contribution in [0.25, 0.3) is 82.5 Å². The molecule has 3 aromatic heterocycles. The zero-order valence-corrected chi connectivity index (χ0v) is 36.0. The van der Waals surface area contributed by atoms with Crippen molar-refractivity contribution in [3.05, 3.63) is 249 Å². The summed E-state index contributed by atoms with van der Waals surface area (Å²) in [5.41, 5.74) is 10.7. The number of fused-ring (bicyclic) bond motifs is 10. The highest BCUT2D eigenvalue weighted by molar-refractivity contribution is 7.20. The van der Waals surface area contributed by atoms with Crippen LogP contribution in [0, 0.1) is 0 Å². The first kappa shape index (κ1) is 36.5. The van der Waals surface area contributed by atoms with Crippen LogP contribution in [0.5, 0.6) is 0 Å². The molecular weight excluding hydrogens is 791 g/mol. The van der Waals surface area contributed by atoms with E-state index in [0.29, 0.717) is 0 Å². The molecule has 0 aliphatic heterocycles. The Morgan fingerprint density at radius 3 is 1.16 bits per heavy atom. The van der Waals surface area contributed by atoms with Gasteiger partial charge in [-0.25, -0.2) is 0 Å². The zero-order chi connectivity index (χ0) is 42.2.